The molecule has 0 atom stereocenters. The number of carbonyl (C=O) groups excluding carboxylic acids is 1. The van der Waals surface area contributed by atoms with Crippen LogP contribution in [0.4, 0.5) is 11.4 Å². The standard InChI is InChI=1S/C18H18Cl3N3O/c19-13-3-1-4-14(11-13)23-7-9-24(10-8-23)17(25)12-22-18-15(20)5-2-6-16(18)21/h1-6,11,22H,7-10,12H2. The Balaban J connectivity index is 1.53. The SMILES string of the molecule is O=C(CNc1c(Cl)cccc1Cl)N1CCN(c2cccc(Cl)c2)CC1. The lowest BCUT2D eigenvalue weighted by Gasteiger charge is -2.36. The molecule has 1 N–H and O–H groups in total. The minimum Gasteiger partial charge on any atom is -0.374 e. The van der Waals surface area contributed by atoms with Crippen LogP contribution in [0.3, 0.4) is 0 Å². The van der Waals surface area contributed by atoms with Crippen LogP contribution in [-0.4, -0.2) is 43.5 Å². The first-order valence-electron chi connectivity index (χ1n) is 8.01. The van der Waals surface area contributed by atoms with Crippen LogP contribution in [0.2, 0.25) is 15.1 Å². The van der Waals surface area contributed by atoms with E-state index >= 15 is 0 Å². The summed E-state index contributed by atoms with van der Waals surface area (Å²) in [5.41, 5.74) is 1.68. The third-order valence-electron chi connectivity index (χ3n) is 4.18. The number of rotatable bonds is 4. The average molecular weight is 399 g/mol. The average Bonchev–Trinajstić information content (AvgIpc) is 2.61. The van der Waals surface area contributed by atoms with Gasteiger partial charge < -0.3 is 15.1 Å². The van der Waals surface area contributed by atoms with Crippen molar-refractivity contribution in [2.45, 2.75) is 0 Å². The molecule has 1 saturated heterocycles. The molecule has 0 radical (unpaired) electrons. The number of carbonyl (C=O) groups is 1. The third kappa shape index (κ3) is 4.51. The van der Waals surface area contributed by atoms with Gasteiger partial charge in [0.2, 0.25) is 5.91 Å². The van der Waals surface area contributed by atoms with Crippen LogP contribution in [0.5, 0.6) is 0 Å². The molecule has 1 heterocycles. The van der Waals surface area contributed by atoms with Crippen molar-refractivity contribution in [2.24, 2.45) is 0 Å². The Labute approximate surface area is 162 Å². The highest BCUT2D eigenvalue weighted by atomic mass is 35.5. The van der Waals surface area contributed by atoms with Crippen LogP contribution in [0, 0.1) is 0 Å². The monoisotopic (exact) mass is 397 g/mol. The molecule has 0 spiro atoms. The highest BCUT2D eigenvalue weighted by Crippen LogP contribution is 2.29. The smallest absolute Gasteiger partial charge is 0.241 e. The molecule has 1 fully saturated rings. The van der Waals surface area contributed by atoms with Gasteiger partial charge in [0, 0.05) is 36.9 Å². The van der Waals surface area contributed by atoms with E-state index in [1.54, 1.807) is 18.2 Å². The molecule has 25 heavy (non-hydrogen) atoms. The number of piperazine rings is 1. The summed E-state index contributed by atoms with van der Waals surface area (Å²) in [7, 11) is 0. The molecule has 0 unspecified atom stereocenters. The predicted octanol–water partition coefficient (Wildman–Crippen LogP) is 4.41. The third-order valence-corrected chi connectivity index (χ3v) is 5.05. The zero-order valence-corrected chi connectivity index (χ0v) is 15.8. The topological polar surface area (TPSA) is 35.6 Å². The summed E-state index contributed by atoms with van der Waals surface area (Å²) in [6.45, 7) is 3.06. The maximum absolute atomic E-state index is 12.4. The largest absolute Gasteiger partial charge is 0.374 e. The molecule has 132 valence electrons. The maximum Gasteiger partial charge on any atom is 0.241 e. The Morgan fingerprint density at radius 2 is 1.60 bits per heavy atom. The van der Waals surface area contributed by atoms with E-state index in [0.717, 1.165) is 23.8 Å². The molecule has 2 aromatic rings. The number of amides is 1. The fourth-order valence-electron chi connectivity index (χ4n) is 2.83. The predicted molar refractivity (Wildman–Crippen MR) is 105 cm³/mol. The van der Waals surface area contributed by atoms with Crippen LogP contribution >= 0.6 is 34.8 Å². The number of halogens is 3. The molecule has 3 rings (SSSR count). The van der Waals surface area contributed by atoms with Gasteiger partial charge in [-0.15, -0.1) is 0 Å². The molecule has 4 nitrogen and oxygen atoms in total. The van der Waals surface area contributed by atoms with E-state index in [-0.39, 0.29) is 12.5 Å². The summed E-state index contributed by atoms with van der Waals surface area (Å²) in [6, 6.07) is 13.0. The second-order valence-corrected chi connectivity index (χ2v) is 7.05. The number of hydrogen-bond donors (Lipinski definition) is 1. The van der Waals surface area contributed by atoms with Crippen molar-refractivity contribution >= 4 is 52.1 Å². The summed E-state index contributed by atoms with van der Waals surface area (Å²) in [6.07, 6.45) is 0. The number of benzene rings is 2. The van der Waals surface area contributed by atoms with Gasteiger partial charge in [0.25, 0.3) is 0 Å². The lowest BCUT2D eigenvalue weighted by Crippen LogP contribution is -2.50. The fraction of sp³-hybridized carbons (Fsp3) is 0.278. The van der Waals surface area contributed by atoms with Gasteiger partial charge in [0.05, 0.1) is 22.3 Å². The highest BCUT2D eigenvalue weighted by Gasteiger charge is 2.21. The number of nitrogens with zero attached hydrogens (tertiary/aromatic N) is 2. The van der Waals surface area contributed by atoms with Gasteiger partial charge in [-0.25, -0.2) is 0 Å². The lowest BCUT2D eigenvalue weighted by molar-refractivity contribution is -0.129. The molecule has 0 saturated carbocycles. The first-order chi connectivity index (χ1) is 12.0. The van der Waals surface area contributed by atoms with E-state index in [0.29, 0.717) is 28.8 Å². The Morgan fingerprint density at radius 1 is 0.960 bits per heavy atom. The summed E-state index contributed by atoms with van der Waals surface area (Å²) >= 11 is 18.3. The minimum atomic E-state index is 0.0294. The molecule has 0 aromatic heterocycles. The maximum atomic E-state index is 12.4. The molecular weight excluding hydrogens is 381 g/mol. The van der Waals surface area contributed by atoms with Gasteiger partial charge in [-0.3, -0.25) is 4.79 Å². The summed E-state index contributed by atoms with van der Waals surface area (Å²) in [5, 5.41) is 4.77. The van der Waals surface area contributed by atoms with Crippen molar-refractivity contribution in [3.8, 4) is 0 Å². The van der Waals surface area contributed by atoms with Crippen LogP contribution in [0.15, 0.2) is 42.5 Å². The van der Waals surface area contributed by atoms with Crippen LogP contribution in [0.25, 0.3) is 0 Å². The van der Waals surface area contributed by atoms with E-state index in [4.69, 9.17) is 34.8 Å². The van der Waals surface area contributed by atoms with E-state index in [1.807, 2.05) is 29.2 Å². The number of hydrogen-bond acceptors (Lipinski definition) is 3. The summed E-state index contributed by atoms with van der Waals surface area (Å²) in [5.74, 6) is 0.0294. The van der Waals surface area contributed by atoms with Gasteiger partial charge in [-0.05, 0) is 30.3 Å². The van der Waals surface area contributed by atoms with E-state index in [1.165, 1.54) is 0 Å². The van der Waals surface area contributed by atoms with Gasteiger partial charge >= 0.3 is 0 Å². The zero-order valence-electron chi connectivity index (χ0n) is 13.5. The van der Waals surface area contributed by atoms with Crippen molar-refractivity contribution in [3.05, 3.63) is 57.5 Å². The minimum absolute atomic E-state index is 0.0294. The lowest BCUT2D eigenvalue weighted by atomic mass is 10.2. The highest BCUT2D eigenvalue weighted by molar-refractivity contribution is 6.39. The zero-order chi connectivity index (χ0) is 17.8. The normalized spacial score (nSPS) is 14.5. The number of nitrogens with one attached hydrogen (secondary N) is 1. The van der Waals surface area contributed by atoms with Crippen molar-refractivity contribution in [2.75, 3.05) is 42.9 Å². The molecule has 0 aliphatic carbocycles. The summed E-state index contributed by atoms with van der Waals surface area (Å²) in [4.78, 5) is 16.5. The molecule has 1 aliphatic rings. The van der Waals surface area contributed by atoms with Gasteiger partial charge in [-0.2, -0.15) is 0 Å². The van der Waals surface area contributed by atoms with Gasteiger partial charge in [0.1, 0.15) is 0 Å². The van der Waals surface area contributed by atoms with Crippen molar-refractivity contribution in [1.82, 2.24) is 4.90 Å². The van der Waals surface area contributed by atoms with Crippen molar-refractivity contribution < 1.29 is 4.79 Å². The Morgan fingerprint density at radius 3 is 2.24 bits per heavy atom. The first kappa shape index (κ1) is 18.2. The number of para-hydroxylation sites is 1. The molecule has 1 amide bonds. The molecular formula is C18H18Cl3N3O. The Bertz CT molecular complexity index is 741. The fourth-order valence-corrected chi connectivity index (χ4v) is 3.54. The van der Waals surface area contributed by atoms with Crippen molar-refractivity contribution in [3.63, 3.8) is 0 Å². The van der Waals surface area contributed by atoms with Crippen LogP contribution < -0.4 is 10.2 Å². The quantitative estimate of drug-likeness (QED) is 0.829. The second-order valence-electron chi connectivity index (χ2n) is 5.80. The number of anilines is 2. The molecule has 7 heteroatoms. The van der Waals surface area contributed by atoms with Gasteiger partial charge in [0.15, 0.2) is 0 Å². The van der Waals surface area contributed by atoms with Crippen LogP contribution in [0.1, 0.15) is 0 Å². The first-order valence-corrected chi connectivity index (χ1v) is 9.14. The van der Waals surface area contributed by atoms with Gasteiger partial charge in [-0.1, -0.05) is 46.9 Å². The molecule has 0 bridgehead atoms. The van der Waals surface area contributed by atoms with E-state index in [2.05, 4.69) is 10.2 Å². The van der Waals surface area contributed by atoms with Crippen LogP contribution in [-0.2, 0) is 4.79 Å². The molecule has 2 aromatic carbocycles. The summed E-state index contributed by atoms with van der Waals surface area (Å²) < 4.78 is 0. The molecule has 1 aliphatic heterocycles. The van der Waals surface area contributed by atoms with Crippen molar-refractivity contribution in [1.29, 1.82) is 0 Å². The van der Waals surface area contributed by atoms with E-state index < -0.39 is 0 Å². The van der Waals surface area contributed by atoms with E-state index in [9.17, 15) is 4.79 Å². The Hall–Kier alpha value is -1.62. The Kier molecular flexibility index (Phi) is 5.94. The second kappa shape index (κ2) is 8.17.